The second-order valence-electron chi connectivity index (χ2n) is 17.0. The van der Waals surface area contributed by atoms with Gasteiger partial charge in [-0.15, -0.1) is 0 Å². The molecule has 57 heavy (non-hydrogen) atoms. The molecule has 0 aromatic carbocycles. The molecular weight excluding hydrogens is 715 g/mol. The number of nitrogens with zero attached hydrogens (tertiary/aromatic N) is 1. The van der Waals surface area contributed by atoms with Crippen molar-refractivity contribution in [2.75, 3.05) is 41.0 Å². The number of aliphatic carboxylic acids is 1. The highest BCUT2D eigenvalue weighted by Crippen LogP contribution is 2.15. The second kappa shape index (κ2) is 40.3. The molecule has 0 bridgehead atoms. The van der Waals surface area contributed by atoms with E-state index in [1.807, 2.05) is 21.1 Å². The molecule has 0 rings (SSSR count). The van der Waals surface area contributed by atoms with Crippen LogP contribution in [-0.2, 0) is 28.6 Å². The van der Waals surface area contributed by atoms with E-state index in [9.17, 15) is 19.5 Å². The number of allylic oxidation sites excluding steroid dienone is 6. The molecule has 1 N–H and O–H groups in total. The number of hydrogen-bond acceptors (Lipinski definition) is 6. The summed E-state index contributed by atoms with van der Waals surface area (Å²) in [7, 11) is 5.53. The molecule has 8 heteroatoms. The summed E-state index contributed by atoms with van der Waals surface area (Å²) in [5.74, 6) is -1.46. The number of hydrogen-bond donors (Lipinski definition) is 1. The van der Waals surface area contributed by atoms with E-state index in [1.165, 1.54) is 116 Å². The Morgan fingerprint density at radius 1 is 0.544 bits per heavy atom. The zero-order valence-electron chi connectivity index (χ0n) is 37.8. The highest BCUT2D eigenvalue weighted by atomic mass is 16.6. The van der Waals surface area contributed by atoms with Gasteiger partial charge in [-0.05, 0) is 44.9 Å². The van der Waals surface area contributed by atoms with Crippen molar-refractivity contribution >= 4 is 17.9 Å². The number of carbonyl (C=O) groups is 3. The van der Waals surface area contributed by atoms with Gasteiger partial charge in [0.1, 0.15) is 6.61 Å². The van der Waals surface area contributed by atoms with Crippen LogP contribution in [0.3, 0.4) is 0 Å². The quantitative estimate of drug-likeness (QED) is 0.0284. The van der Waals surface area contributed by atoms with Gasteiger partial charge in [0.15, 0.2) is 12.1 Å². The molecule has 0 fully saturated rings. The maximum absolute atomic E-state index is 12.7. The molecule has 0 spiro atoms. The Morgan fingerprint density at radius 3 is 1.46 bits per heavy atom. The number of rotatable bonds is 42. The average molecular weight is 805 g/mol. The van der Waals surface area contributed by atoms with Gasteiger partial charge in [-0.3, -0.25) is 9.59 Å². The van der Waals surface area contributed by atoms with Crippen LogP contribution in [0.15, 0.2) is 36.5 Å². The molecule has 0 amide bonds. The largest absolute Gasteiger partial charge is 0.477 e. The van der Waals surface area contributed by atoms with Crippen molar-refractivity contribution in [1.29, 1.82) is 0 Å². The van der Waals surface area contributed by atoms with E-state index in [4.69, 9.17) is 14.2 Å². The third-order valence-electron chi connectivity index (χ3n) is 10.6. The van der Waals surface area contributed by atoms with Crippen molar-refractivity contribution in [2.45, 2.75) is 219 Å². The lowest BCUT2D eigenvalue weighted by molar-refractivity contribution is -0.887. The highest BCUT2D eigenvalue weighted by Gasteiger charge is 2.31. The molecule has 0 aliphatic carbocycles. The van der Waals surface area contributed by atoms with E-state index in [-0.39, 0.29) is 36.2 Å². The highest BCUT2D eigenvalue weighted by molar-refractivity contribution is 5.72. The lowest BCUT2D eigenvalue weighted by Gasteiger charge is -2.31. The predicted molar refractivity (Wildman–Crippen MR) is 238 cm³/mol. The minimum Gasteiger partial charge on any atom is -0.477 e. The third-order valence-corrected chi connectivity index (χ3v) is 10.6. The molecule has 0 aromatic heterocycles. The van der Waals surface area contributed by atoms with Crippen molar-refractivity contribution in [1.82, 2.24) is 0 Å². The van der Waals surface area contributed by atoms with E-state index < -0.39 is 18.1 Å². The summed E-state index contributed by atoms with van der Waals surface area (Å²) in [5, 5.41) is 9.61. The Kier molecular flexibility index (Phi) is 38.6. The molecule has 0 radical (unpaired) electrons. The van der Waals surface area contributed by atoms with Crippen LogP contribution in [0.1, 0.15) is 206 Å². The first-order valence-electron chi connectivity index (χ1n) is 23.5. The Bertz CT molecular complexity index is 1030. The van der Waals surface area contributed by atoms with Crippen LogP contribution in [0.4, 0.5) is 0 Å². The van der Waals surface area contributed by atoms with Crippen LogP contribution in [0.2, 0.25) is 0 Å². The molecule has 2 unspecified atom stereocenters. The monoisotopic (exact) mass is 805 g/mol. The number of carbonyl (C=O) groups excluding carboxylic acids is 2. The lowest BCUT2D eigenvalue weighted by atomic mass is 10.0. The van der Waals surface area contributed by atoms with Crippen molar-refractivity contribution in [2.24, 2.45) is 0 Å². The molecule has 0 heterocycles. The Labute approximate surface area is 351 Å². The standard InChI is InChI=1S/C49H89NO7/c1-6-8-10-12-14-16-18-19-20-21-22-23-24-25-26-27-28-29-30-32-33-35-37-39-47(51)56-44-45(43-55-42-41-46(49(53)54)50(3,4)5)57-48(52)40-38-36-34-31-17-15-13-11-9-7-2/h8,10,14,16,19-20,45-46H,6-7,9,11-13,15,17-18,21-44H2,1-5H3/p+1/b10-8+,16-14+,20-19+. The number of carboxylic acids is 1. The van der Waals surface area contributed by atoms with Crippen LogP contribution in [0.5, 0.6) is 0 Å². The maximum atomic E-state index is 12.7. The minimum atomic E-state index is -0.874. The summed E-state index contributed by atoms with van der Waals surface area (Å²) < 4.78 is 17.3. The van der Waals surface area contributed by atoms with Crippen LogP contribution < -0.4 is 0 Å². The fourth-order valence-corrected chi connectivity index (χ4v) is 6.93. The Morgan fingerprint density at radius 2 is 0.982 bits per heavy atom. The summed E-state index contributed by atoms with van der Waals surface area (Å²) in [6, 6.07) is -0.611. The molecule has 0 saturated carbocycles. The molecule has 8 nitrogen and oxygen atoms in total. The Balaban J connectivity index is 4.14. The van der Waals surface area contributed by atoms with Crippen molar-refractivity contribution in [3.05, 3.63) is 36.5 Å². The zero-order chi connectivity index (χ0) is 42.1. The number of esters is 2. The fourth-order valence-electron chi connectivity index (χ4n) is 6.93. The molecule has 332 valence electrons. The summed E-state index contributed by atoms with van der Waals surface area (Å²) in [5.41, 5.74) is 0. The van der Waals surface area contributed by atoms with E-state index >= 15 is 0 Å². The molecular formula is C49H90NO7+. The van der Waals surface area contributed by atoms with Crippen molar-refractivity contribution in [3.63, 3.8) is 0 Å². The van der Waals surface area contributed by atoms with E-state index in [0.29, 0.717) is 19.3 Å². The number of carboxylic acid groups (broad SMARTS) is 1. The van der Waals surface area contributed by atoms with Crippen molar-refractivity contribution < 1.29 is 38.2 Å². The first kappa shape index (κ1) is 54.6. The predicted octanol–water partition coefficient (Wildman–Crippen LogP) is 13.0. The van der Waals surface area contributed by atoms with Crippen LogP contribution in [0, 0.1) is 0 Å². The van der Waals surface area contributed by atoms with E-state index in [2.05, 4.69) is 50.3 Å². The van der Waals surface area contributed by atoms with Gasteiger partial charge >= 0.3 is 17.9 Å². The fraction of sp³-hybridized carbons (Fsp3) is 0.816. The van der Waals surface area contributed by atoms with Crippen LogP contribution >= 0.6 is 0 Å². The van der Waals surface area contributed by atoms with Gasteiger partial charge in [-0.25, -0.2) is 4.79 Å². The lowest BCUT2D eigenvalue weighted by Crippen LogP contribution is -2.50. The van der Waals surface area contributed by atoms with Crippen molar-refractivity contribution in [3.8, 4) is 0 Å². The van der Waals surface area contributed by atoms with E-state index in [0.717, 1.165) is 57.8 Å². The molecule has 2 atom stereocenters. The summed E-state index contributed by atoms with van der Waals surface area (Å²) in [6.45, 7) is 4.63. The SMILES string of the molecule is CC/C=C/C/C=C/C/C=C/CCCCCCCCCCCCCCCC(=O)OCC(COCCC(C(=O)O)[N+](C)(C)C)OC(=O)CCCCCCCCCCCC. The third kappa shape index (κ3) is 38.8. The minimum absolute atomic E-state index is 0.0482. The normalized spacial score (nSPS) is 13.2. The smallest absolute Gasteiger partial charge is 0.362 e. The van der Waals surface area contributed by atoms with Crippen LogP contribution in [0.25, 0.3) is 0 Å². The van der Waals surface area contributed by atoms with Gasteiger partial charge in [-0.1, -0.05) is 179 Å². The maximum Gasteiger partial charge on any atom is 0.362 e. The number of ether oxygens (including phenoxy) is 3. The average Bonchev–Trinajstić information content (AvgIpc) is 3.17. The van der Waals surface area contributed by atoms with Crippen LogP contribution in [-0.4, -0.2) is 80.6 Å². The first-order chi connectivity index (χ1) is 27.6. The molecule has 0 saturated heterocycles. The van der Waals surface area contributed by atoms with Gasteiger partial charge in [0.25, 0.3) is 0 Å². The number of quaternary nitrogens is 1. The Hall–Kier alpha value is -2.45. The van der Waals surface area contributed by atoms with Gasteiger partial charge in [0.05, 0.1) is 34.4 Å². The summed E-state index contributed by atoms with van der Waals surface area (Å²) >= 11 is 0. The van der Waals surface area contributed by atoms with Gasteiger partial charge in [-0.2, -0.15) is 0 Å². The summed E-state index contributed by atoms with van der Waals surface area (Å²) in [4.78, 5) is 36.9. The number of unbranched alkanes of at least 4 members (excludes halogenated alkanes) is 22. The first-order valence-corrected chi connectivity index (χ1v) is 23.5. The molecule has 0 aliphatic rings. The van der Waals surface area contributed by atoms with E-state index in [1.54, 1.807) is 0 Å². The van der Waals surface area contributed by atoms with Gasteiger partial charge in [0.2, 0.25) is 0 Å². The second-order valence-corrected chi connectivity index (χ2v) is 17.0. The molecule has 0 aromatic rings. The van der Waals surface area contributed by atoms with Gasteiger partial charge < -0.3 is 23.8 Å². The summed E-state index contributed by atoms with van der Waals surface area (Å²) in [6.07, 6.45) is 46.2. The topological polar surface area (TPSA) is 99.1 Å². The van der Waals surface area contributed by atoms with Gasteiger partial charge in [0, 0.05) is 19.3 Å². The molecule has 0 aliphatic heterocycles. The number of likely N-dealkylation sites (N-methyl/N-ethyl adjacent to an activating group) is 1. The zero-order valence-corrected chi connectivity index (χ0v) is 37.8.